The van der Waals surface area contributed by atoms with E-state index in [1.807, 2.05) is 0 Å². The van der Waals surface area contributed by atoms with Crippen molar-refractivity contribution in [3.05, 3.63) is 54.6 Å². The van der Waals surface area contributed by atoms with E-state index in [0.717, 1.165) is 0 Å². The van der Waals surface area contributed by atoms with Crippen molar-refractivity contribution in [2.75, 3.05) is 0 Å². The van der Waals surface area contributed by atoms with Crippen molar-refractivity contribution >= 4 is 32.0 Å². The second-order valence-electron chi connectivity index (χ2n) is 8.90. The van der Waals surface area contributed by atoms with Gasteiger partial charge >= 0.3 is 0 Å². The van der Waals surface area contributed by atoms with Crippen LogP contribution in [0, 0.1) is 0 Å². The van der Waals surface area contributed by atoms with E-state index in [1.165, 1.54) is 24.9 Å². The van der Waals surface area contributed by atoms with Crippen molar-refractivity contribution in [3.63, 3.8) is 0 Å². The smallest absolute Gasteiger partial charge is 0.221 e. The van der Waals surface area contributed by atoms with E-state index in [4.69, 9.17) is 4.43 Å². The van der Waals surface area contributed by atoms with Crippen LogP contribution in [0.3, 0.4) is 0 Å². The van der Waals surface area contributed by atoms with Gasteiger partial charge in [0.05, 0.1) is 0 Å². The first-order valence-corrected chi connectivity index (χ1v) is 14.9. The molecule has 2 aromatic carbocycles. The van der Waals surface area contributed by atoms with Crippen molar-refractivity contribution in [3.8, 4) is 0 Å². The molecule has 0 bridgehead atoms. The Morgan fingerprint density at radius 1 is 0.760 bits per heavy atom. The second kappa shape index (κ2) is 6.86. The van der Waals surface area contributed by atoms with Gasteiger partial charge in [-0.3, -0.25) is 0 Å². The average molecular weight is 369 g/mol. The van der Waals surface area contributed by atoms with Gasteiger partial charge in [0.1, 0.15) is 8.07 Å². The van der Waals surface area contributed by atoms with E-state index >= 15 is 0 Å². The van der Waals surface area contributed by atoms with E-state index in [9.17, 15) is 0 Å². The molecule has 25 heavy (non-hydrogen) atoms. The Labute approximate surface area is 155 Å². The minimum absolute atomic E-state index is 0.0853. The molecule has 0 fully saturated rings. The van der Waals surface area contributed by atoms with Crippen LogP contribution in [0.4, 0.5) is 0 Å². The molecule has 0 spiro atoms. The predicted octanol–water partition coefficient (Wildman–Crippen LogP) is 4.27. The molecule has 0 unspecified atom stereocenters. The first kappa shape index (κ1) is 18.6. The van der Waals surface area contributed by atoms with Crippen LogP contribution in [-0.2, 0) is 4.43 Å². The Kier molecular flexibility index (Phi) is 5.11. The standard InChI is InChI=1S/C22H32OSi2/c1-22(2,3)23-25(5)18-12-11-17-24(4,19-13-7-6-8-14-19)20-15-9-10-16-21(20)25/h6-10,13-16H,11-12,17-18H2,1-5H3/t24-,25-/m1/s1. The monoisotopic (exact) mass is 368 g/mol. The van der Waals surface area contributed by atoms with Gasteiger partial charge in [0.15, 0.2) is 0 Å². The molecule has 1 nitrogen and oxygen atoms in total. The highest BCUT2D eigenvalue weighted by Crippen LogP contribution is 2.27. The van der Waals surface area contributed by atoms with Gasteiger partial charge < -0.3 is 4.43 Å². The van der Waals surface area contributed by atoms with Gasteiger partial charge in [-0.2, -0.15) is 0 Å². The molecule has 0 N–H and O–H groups in total. The Bertz CT molecular complexity index is 722. The third-order valence-electron chi connectivity index (χ3n) is 5.61. The molecule has 1 aliphatic rings. The fourth-order valence-electron chi connectivity index (χ4n) is 4.52. The van der Waals surface area contributed by atoms with Crippen LogP contribution < -0.4 is 15.6 Å². The van der Waals surface area contributed by atoms with Gasteiger partial charge in [0.2, 0.25) is 8.32 Å². The summed E-state index contributed by atoms with van der Waals surface area (Å²) >= 11 is 0. The summed E-state index contributed by atoms with van der Waals surface area (Å²) in [6, 6.07) is 23.1. The van der Waals surface area contributed by atoms with E-state index < -0.39 is 16.4 Å². The van der Waals surface area contributed by atoms with Crippen LogP contribution in [0.15, 0.2) is 54.6 Å². The van der Waals surface area contributed by atoms with Gasteiger partial charge in [0.25, 0.3) is 0 Å². The first-order chi connectivity index (χ1) is 11.7. The van der Waals surface area contributed by atoms with Gasteiger partial charge in [-0.15, -0.1) is 0 Å². The summed E-state index contributed by atoms with van der Waals surface area (Å²) in [5.74, 6) is 0. The van der Waals surface area contributed by atoms with Gasteiger partial charge in [0, 0.05) is 5.60 Å². The third-order valence-corrected chi connectivity index (χ3v) is 14.4. The molecule has 0 saturated heterocycles. The quantitative estimate of drug-likeness (QED) is 0.719. The number of rotatable bonds is 2. The zero-order valence-corrected chi connectivity index (χ0v) is 18.4. The number of benzene rings is 2. The van der Waals surface area contributed by atoms with Crippen LogP contribution in [0.2, 0.25) is 25.2 Å². The Balaban J connectivity index is 2.18. The summed E-state index contributed by atoms with van der Waals surface area (Å²) in [5, 5.41) is 4.75. The van der Waals surface area contributed by atoms with E-state index in [0.29, 0.717) is 0 Å². The molecule has 0 amide bonds. The number of hydrogen-bond acceptors (Lipinski definition) is 1. The van der Waals surface area contributed by atoms with Crippen molar-refractivity contribution in [1.29, 1.82) is 0 Å². The van der Waals surface area contributed by atoms with Gasteiger partial charge in [-0.25, -0.2) is 0 Å². The summed E-state index contributed by atoms with van der Waals surface area (Å²) in [7, 11) is -3.69. The van der Waals surface area contributed by atoms with Crippen LogP contribution in [-0.4, -0.2) is 22.0 Å². The topological polar surface area (TPSA) is 9.23 Å². The van der Waals surface area contributed by atoms with Gasteiger partial charge in [-0.05, 0) is 44.6 Å². The van der Waals surface area contributed by atoms with E-state index in [-0.39, 0.29) is 5.60 Å². The first-order valence-electron chi connectivity index (χ1n) is 9.60. The predicted molar refractivity (Wildman–Crippen MR) is 115 cm³/mol. The van der Waals surface area contributed by atoms with Crippen LogP contribution in [0.1, 0.15) is 33.6 Å². The summed E-state index contributed by atoms with van der Waals surface area (Å²) in [5.41, 5.74) is -0.0853. The normalized spacial score (nSPS) is 27.2. The van der Waals surface area contributed by atoms with Crippen LogP contribution in [0.5, 0.6) is 0 Å². The Morgan fingerprint density at radius 3 is 1.96 bits per heavy atom. The minimum atomic E-state index is -1.96. The van der Waals surface area contributed by atoms with Crippen molar-refractivity contribution in [2.24, 2.45) is 0 Å². The van der Waals surface area contributed by atoms with E-state index in [1.54, 1.807) is 15.6 Å². The highest BCUT2D eigenvalue weighted by atomic mass is 28.4. The lowest BCUT2D eigenvalue weighted by Gasteiger charge is -2.42. The lowest BCUT2D eigenvalue weighted by Crippen LogP contribution is -2.68. The zero-order valence-electron chi connectivity index (χ0n) is 16.4. The highest BCUT2D eigenvalue weighted by Gasteiger charge is 2.43. The summed E-state index contributed by atoms with van der Waals surface area (Å²) < 4.78 is 6.82. The maximum atomic E-state index is 6.82. The molecule has 134 valence electrons. The molecule has 0 aliphatic carbocycles. The second-order valence-corrected chi connectivity index (χ2v) is 16.9. The zero-order chi connectivity index (χ0) is 18.1. The van der Waals surface area contributed by atoms with Crippen molar-refractivity contribution in [2.45, 2.75) is 64.4 Å². The van der Waals surface area contributed by atoms with Crippen LogP contribution >= 0.6 is 0 Å². The molecule has 0 radical (unpaired) electrons. The minimum Gasteiger partial charge on any atom is -0.408 e. The lowest BCUT2D eigenvalue weighted by molar-refractivity contribution is 0.122. The summed E-state index contributed by atoms with van der Waals surface area (Å²) in [6.45, 7) is 11.6. The number of fused-ring (bicyclic) bond motifs is 1. The molecular weight excluding hydrogens is 336 g/mol. The fourth-order valence-corrected chi connectivity index (χ4v) is 13.9. The van der Waals surface area contributed by atoms with E-state index in [2.05, 4.69) is 88.5 Å². The maximum Gasteiger partial charge on any atom is 0.221 e. The third kappa shape index (κ3) is 3.84. The average Bonchev–Trinajstić information content (AvgIpc) is 2.57. The van der Waals surface area contributed by atoms with Crippen molar-refractivity contribution < 1.29 is 4.43 Å². The Hall–Kier alpha value is -1.17. The molecule has 1 aliphatic heterocycles. The number of hydrogen-bond donors (Lipinski definition) is 0. The molecular formula is C22H32OSi2. The molecule has 2 atom stereocenters. The lowest BCUT2D eigenvalue weighted by atomic mass is 10.2. The molecule has 2 aromatic rings. The highest BCUT2D eigenvalue weighted by molar-refractivity contribution is 7.05. The molecule has 0 saturated carbocycles. The Morgan fingerprint density at radius 2 is 1.32 bits per heavy atom. The largest absolute Gasteiger partial charge is 0.408 e. The molecule has 0 aromatic heterocycles. The van der Waals surface area contributed by atoms with Gasteiger partial charge in [-0.1, -0.05) is 84.4 Å². The fraction of sp³-hybridized carbons (Fsp3) is 0.455. The molecule has 3 rings (SSSR count). The van der Waals surface area contributed by atoms with Crippen LogP contribution in [0.25, 0.3) is 0 Å². The SMILES string of the molecule is CC(C)(C)O[Si@]1(C)CCCC[Si@](C)(c2ccccc2)c2ccccc21. The summed E-state index contributed by atoms with van der Waals surface area (Å²) in [6.07, 6.45) is 2.62. The molecule has 3 heteroatoms. The molecule has 1 heterocycles. The van der Waals surface area contributed by atoms with Crippen molar-refractivity contribution in [1.82, 2.24) is 0 Å². The summed E-state index contributed by atoms with van der Waals surface area (Å²) in [4.78, 5) is 0. The maximum absolute atomic E-state index is 6.82.